The van der Waals surface area contributed by atoms with Gasteiger partial charge in [-0.15, -0.1) is 0 Å². The zero-order chi connectivity index (χ0) is 22.2. The molecule has 1 unspecified atom stereocenters. The lowest BCUT2D eigenvalue weighted by Crippen LogP contribution is -2.35. The van der Waals surface area contributed by atoms with Crippen LogP contribution in [0.3, 0.4) is 0 Å². The van der Waals surface area contributed by atoms with Crippen molar-refractivity contribution in [3.8, 4) is 5.75 Å². The van der Waals surface area contributed by atoms with Crippen molar-refractivity contribution in [2.75, 3.05) is 13.3 Å². The van der Waals surface area contributed by atoms with Gasteiger partial charge < -0.3 is 9.47 Å². The van der Waals surface area contributed by atoms with E-state index < -0.39 is 11.2 Å². The molecule has 1 aliphatic rings. The lowest BCUT2D eigenvalue weighted by molar-refractivity contribution is -0.149. The third-order valence-electron chi connectivity index (χ3n) is 4.76. The van der Waals surface area contributed by atoms with Crippen molar-refractivity contribution in [1.29, 1.82) is 0 Å². The second kappa shape index (κ2) is 10.9. The molecule has 2 aromatic rings. The van der Waals surface area contributed by atoms with Crippen LogP contribution in [0.5, 0.6) is 5.75 Å². The fraction of sp³-hybridized carbons (Fsp3) is 0.391. The van der Waals surface area contributed by atoms with E-state index in [-0.39, 0.29) is 24.3 Å². The lowest BCUT2D eigenvalue weighted by Gasteiger charge is -2.14. The van der Waals surface area contributed by atoms with Crippen molar-refractivity contribution < 1.29 is 23.9 Å². The first kappa shape index (κ1) is 22.8. The van der Waals surface area contributed by atoms with E-state index in [0.717, 1.165) is 45.7 Å². The average molecular weight is 443 g/mol. The van der Waals surface area contributed by atoms with E-state index >= 15 is 0 Å². The van der Waals surface area contributed by atoms with Gasteiger partial charge in [0.1, 0.15) is 5.75 Å². The Morgan fingerprint density at radius 1 is 1.16 bits per heavy atom. The molecule has 0 spiro atoms. The number of nitrogens with zero attached hydrogens (tertiary/aromatic N) is 2. The molecular formula is C23H26N2O5S. The molecule has 8 heteroatoms. The number of benzene rings is 1. The highest BCUT2D eigenvalue weighted by Crippen LogP contribution is 2.30. The molecule has 164 valence electrons. The Morgan fingerprint density at radius 2 is 1.94 bits per heavy atom. The quantitative estimate of drug-likeness (QED) is 0.516. The Labute approximate surface area is 186 Å². The van der Waals surface area contributed by atoms with Gasteiger partial charge in [-0.2, -0.15) is 0 Å². The van der Waals surface area contributed by atoms with Crippen LogP contribution in [0.25, 0.3) is 0 Å². The van der Waals surface area contributed by atoms with Crippen LogP contribution in [0.4, 0.5) is 4.79 Å². The van der Waals surface area contributed by atoms with Gasteiger partial charge in [0, 0.05) is 24.7 Å². The number of hydrogen-bond donors (Lipinski definition) is 0. The second-order valence-corrected chi connectivity index (χ2v) is 8.46. The monoisotopic (exact) mass is 442 g/mol. The number of imide groups is 1. The topological polar surface area (TPSA) is 85.8 Å². The van der Waals surface area contributed by atoms with Crippen molar-refractivity contribution in [2.45, 2.75) is 44.8 Å². The number of aryl methyl sites for hydroxylation is 1. The zero-order valence-electron chi connectivity index (χ0n) is 17.7. The summed E-state index contributed by atoms with van der Waals surface area (Å²) in [6, 6.07) is 11.5. The maximum Gasteiger partial charge on any atom is 0.307 e. The number of hydrogen-bond acceptors (Lipinski definition) is 7. The number of amides is 2. The Kier molecular flexibility index (Phi) is 8.06. The second-order valence-electron chi connectivity index (χ2n) is 7.31. The van der Waals surface area contributed by atoms with Gasteiger partial charge in [0.05, 0.1) is 11.9 Å². The fourth-order valence-corrected chi connectivity index (χ4v) is 4.03. The first-order valence-corrected chi connectivity index (χ1v) is 11.1. The Morgan fingerprint density at radius 3 is 2.61 bits per heavy atom. The molecule has 1 aromatic heterocycles. The van der Waals surface area contributed by atoms with Crippen molar-refractivity contribution in [3.05, 3.63) is 59.4 Å². The van der Waals surface area contributed by atoms with Gasteiger partial charge in [-0.25, -0.2) is 4.90 Å². The van der Waals surface area contributed by atoms with E-state index in [4.69, 9.17) is 9.47 Å². The number of carbonyl (C=O) groups excluding carboxylic acids is 3. The molecule has 0 N–H and O–H groups in total. The van der Waals surface area contributed by atoms with Gasteiger partial charge in [-0.1, -0.05) is 36.9 Å². The number of aromatic nitrogens is 1. The molecule has 2 heterocycles. The molecule has 1 aliphatic heterocycles. The third kappa shape index (κ3) is 6.55. The Hall–Kier alpha value is -2.87. The summed E-state index contributed by atoms with van der Waals surface area (Å²) in [6.07, 6.45) is 3.90. The van der Waals surface area contributed by atoms with E-state index in [9.17, 15) is 14.4 Å². The molecule has 1 aromatic carbocycles. The van der Waals surface area contributed by atoms with Gasteiger partial charge in [-0.05, 0) is 49.1 Å². The van der Waals surface area contributed by atoms with Crippen LogP contribution in [-0.2, 0) is 27.2 Å². The van der Waals surface area contributed by atoms with E-state index in [2.05, 4.69) is 4.98 Å². The minimum Gasteiger partial charge on any atom is -0.493 e. The summed E-state index contributed by atoms with van der Waals surface area (Å²) in [5, 5.41) is -0.902. The Balaban J connectivity index is 1.46. The summed E-state index contributed by atoms with van der Waals surface area (Å²) in [4.78, 5) is 41.5. The van der Waals surface area contributed by atoms with E-state index in [1.165, 1.54) is 0 Å². The van der Waals surface area contributed by atoms with Crippen LogP contribution in [0.1, 0.15) is 36.6 Å². The lowest BCUT2D eigenvalue weighted by atomic mass is 10.1. The van der Waals surface area contributed by atoms with Crippen LogP contribution >= 0.6 is 11.8 Å². The molecule has 7 nitrogen and oxygen atoms in total. The van der Waals surface area contributed by atoms with Gasteiger partial charge >= 0.3 is 5.97 Å². The average Bonchev–Trinajstić information content (AvgIpc) is 3.02. The highest BCUT2D eigenvalue weighted by atomic mass is 32.2. The smallest absolute Gasteiger partial charge is 0.307 e. The van der Waals surface area contributed by atoms with Gasteiger partial charge in [-0.3, -0.25) is 19.4 Å². The fourth-order valence-electron chi connectivity index (χ4n) is 3.01. The molecular weight excluding hydrogens is 416 g/mol. The first-order chi connectivity index (χ1) is 15.0. The number of thioether (sulfide) groups is 1. The van der Waals surface area contributed by atoms with Crippen LogP contribution in [0, 0.1) is 6.92 Å². The van der Waals surface area contributed by atoms with Gasteiger partial charge in [0.25, 0.3) is 5.24 Å². The molecule has 2 amide bonds. The minimum absolute atomic E-state index is 0.267. The summed E-state index contributed by atoms with van der Waals surface area (Å²) in [5.74, 6) is -0.00248. The van der Waals surface area contributed by atoms with Crippen molar-refractivity contribution in [2.24, 2.45) is 0 Å². The van der Waals surface area contributed by atoms with Crippen molar-refractivity contribution >= 4 is 28.9 Å². The predicted octanol–water partition coefficient (Wildman–Crippen LogP) is 3.92. The summed E-state index contributed by atoms with van der Waals surface area (Å²) < 4.78 is 10.8. The summed E-state index contributed by atoms with van der Waals surface area (Å²) in [5.41, 5.74) is 3.03. The van der Waals surface area contributed by atoms with E-state index in [0.29, 0.717) is 19.4 Å². The van der Waals surface area contributed by atoms with Crippen molar-refractivity contribution in [1.82, 2.24) is 9.88 Å². The van der Waals surface area contributed by atoms with Crippen LogP contribution in [0.15, 0.2) is 42.6 Å². The summed E-state index contributed by atoms with van der Waals surface area (Å²) in [6.45, 7) is 4.06. The number of esters is 1. The van der Waals surface area contributed by atoms with E-state index in [1.54, 1.807) is 0 Å². The molecule has 31 heavy (non-hydrogen) atoms. The zero-order valence-corrected chi connectivity index (χ0v) is 18.5. The summed E-state index contributed by atoms with van der Waals surface area (Å²) >= 11 is 0.966. The van der Waals surface area contributed by atoms with Crippen LogP contribution < -0.4 is 4.74 Å². The highest BCUT2D eigenvalue weighted by molar-refractivity contribution is 8.15. The van der Waals surface area contributed by atoms with Gasteiger partial charge in [0.15, 0.2) is 6.73 Å². The number of pyridine rings is 1. The molecule has 1 saturated heterocycles. The van der Waals surface area contributed by atoms with Gasteiger partial charge in [0.2, 0.25) is 5.91 Å². The normalized spacial score (nSPS) is 15.9. The number of rotatable bonds is 10. The Bertz CT molecular complexity index is 915. The predicted molar refractivity (Wildman–Crippen MR) is 118 cm³/mol. The maximum absolute atomic E-state index is 12.5. The largest absolute Gasteiger partial charge is 0.493 e. The summed E-state index contributed by atoms with van der Waals surface area (Å²) in [7, 11) is 0. The molecule has 0 bridgehead atoms. The number of ether oxygens (including phenoxy) is 2. The number of carbonyl (C=O) groups is 3. The third-order valence-corrected chi connectivity index (χ3v) is 5.83. The minimum atomic E-state index is -0.517. The van der Waals surface area contributed by atoms with Crippen molar-refractivity contribution in [3.63, 3.8) is 0 Å². The van der Waals surface area contributed by atoms with E-state index in [1.807, 2.05) is 56.4 Å². The molecule has 0 saturated carbocycles. The first-order valence-electron chi connectivity index (χ1n) is 10.3. The van der Waals surface area contributed by atoms with Crippen LogP contribution in [-0.4, -0.2) is 45.6 Å². The standard InChI is InChI=1S/C23H26N2O5S/c1-3-4-21(26)30-15-25-22(27)20(31-23(25)28)13-17-6-9-19(10-7-17)29-12-11-18-8-5-16(2)14-24-18/h5-10,14,20H,3-4,11-13,15H2,1-2H3. The molecule has 1 atom stereocenters. The molecule has 3 rings (SSSR count). The maximum atomic E-state index is 12.5. The molecule has 0 radical (unpaired) electrons. The highest BCUT2D eigenvalue weighted by Gasteiger charge is 2.40. The van der Waals surface area contributed by atoms with Crippen LogP contribution in [0.2, 0.25) is 0 Å². The SMILES string of the molecule is CCCC(=O)OCN1C(=O)SC(Cc2ccc(OCCc3ccc(C)cn3)cc2)C1=O. The molecule has 1 fully saturated rings. The molecule has 0 aliphatic carbocycles.